The predicted octanol–water partition coefficient (Wildman–Crippen LogP) is 2.26. The fourth-order valence-electron chi connectivity index (χ4n) is 2.59. The fraction of sp³-hybridized carbons (Fsp3) is 0.286. The summed E-state index contributed by atoms with van der Waals surface area (Å²) in [5.74, 6) is -0.454. The lowest BCUT2D eigenvalue weighted by Crippen LogP contribution is -2.26. The zero-order chi connectivity index (χ0) is 15.3. The number of aryl methyl sites for hydroxylation is 3. The third-order valence-corrected chi connectivity index (χ3v) is 5.71. The molecule has 112 valence electrons. The number of nitrogens with one attached hydrogen (secondary N) is 1. The number of fused-ring (bicyclic) bond motifs is 2. The molecule has 1 aliphatic carbocycles. The third-order valence-electron chi connectivity index (χ3n) is 3.68. The van der Waals surface area contributed by atoms with Crippen LogP contribution in [-0.4, -0.2) is 20.3 Å². The molecule has 0 saturated carbocycles. The second-order valence-electron chi connectivity index (χ2n) is 5.17. The Balaban J connectivity index is 1.68. The molecule has 0 aromatic carbocycles. The minimum Gasteiger partial charge on any atom is -0.298 e. The van der Waals surface area contributed by atoms with E-state index >= 15 is 0 Å². The van der Waals surface area contributed by atoms with Crippen molar-refractivity contribution in [2.24, 2.45) is 0 Å². The minimum absolute atomic E-state index is 0.0364. The van der Waals surface area contributed by atoms with E-state index in [-0.39, 0.29) is 11.1 Å². The average molecular weight is 332 g/mol. The molecule has 0 atom stereocenters. The summed E-state index contributed by atoms with van der Waals surface area (Å²) in [5.41, 5.74) is 1.54. The first-order valence-corrected chi connectivity index (χ1v) is 8.59. The summed E-state index contributed by atoms with van der Waals surface area (Å²) in [4.78, 5) is 35.2. The molecule has 0 unspecified atom stereocenters. The first-order chi connectivity index (χ1) is 10.6. The van der Waals surface area contributed by atoms with Crippen LogP contribution in [-0.2, 0) is 12.8 Å². The van der Waals surface area contributed by atoms with Crippen LogP contribution < -0.4 is 10.9 Å². The highest BCUT2D eigenvalue weighted by Crippen LogP contribution is 2.30. The Hall–Kier alpha value is -2.06. The van der Waals surface area contributed by atoms with Crippen molar-refractivity contribution in [1.82, 2.24) is 14.4 Å². The second kappa shape index (κ2) is 4.99. The largest absolute Gasteiger partial charge is 0.298 e. The number of carbonyl (C=O) groups excluding carboxylic acids is 1. The van der Waals surface area contributed by atoms with E-state index in [0.717, 1.165) is 30.7 Å². The lowest BCUT2D eigenvalue weighted by molar-refractivity contribution is 0.102. The van der Waals surface area contributed by atoms with E-state index in [1.165, 1.54) is 38.1 Å². The molecule has 1 aliphatic rings. The topological polar surface area (TPSA) is 76.4 Å². The number of thiazole rings is 2. The molecular weight excluding hydrogens is 320 g/mol. The first kappa shape index (κ1) is 13.6. The number of aromatic nitrogens is 3. The quantitative estimate of drug-likeness (QED) is 0.781. The van der Waals surface area contributed by atoms with Gasteiger partial charge in [0.25, 0.3) is 11.5 Å². The number of nitrogens with zero attached hydrogens (tertiary/aromatic N) is 3. The molecule has 0 saturated heterocycles. The normalized spacial score (nSPS) is 13.5. The van der Waals surface area contributed by atoms with Crippen molar-refractivity contribution in [1.29, 1.82) is 0 Å². The van der Waals surface area contributed by atoms with E-state index < -0.39 is 5.91 Å². The Labute approximate surface area is 133 Å². The highest BCUT2D eigenvalue weighted by Gasteiger charge is 2.20. The van der Waals surface area contributed by atoms with Crippen LogP contribution in [0, 0.1) is 6.92 Å². The second-order valence-corrected chi connectivity index (χ2v) is 7.09. The molecule has 0 radical (unpaired) electrons. The molecule has 8 heteroatoms. The van der Waals surface area contributed by atoms with Crippen LogP contribution in [0.15, 0.2) is 16.4 Å². The van der Waals surface area contributed by atoms with Crippen LogP contribution in [0.2, 0.25) is 0 Å². The molecule has 0 aliphatic heterocycles. The van der Waals surface area contributed by atoms with Crippen LogP contribution in [0.5, 0.6) is 0 Å². The number of hydrogen-bond donors (Lipinski definition) is 1. The summed E-state index contributed by atoms with van der Waals surface area (Å²) in [6.07, 6.45) is 4.45. The maximum atomic E-state index is 12.4. The van der Waals surface area contributed by atoms with Crippen LogP contribution in [0.25, 0.3) is 4.96 Å². The Morgan fingerprint density at radius 3 is 3.09 bits per heavy atom. The van der Waals surface area contributed by atoms with Gasteiger partial charge in [0.1, 0.15) is 5.56 Å². The van der Waals surface area contributed by atoms with Crippen molar-refractivity contribution in [2.75, 3.05) is 5.32 Å². The molecule has 1 N–H and O–H groups in total. The summed E-state index contributed by atoms with van der Waals surface area (Å²) in [6.45, 7) is 1.82. The SMILES string of the molecule is Cc1csc2ncc(C(=O)Nc3nc4c(s3)CCC4)c(=O)n12. The number of anilines is 1. The van der Waals surface area contributed by atoms with E-state index in [4.69, 9.17) is 0 Å². The highest BCUT2D eigenvalue weighted by atomic mass is 32.1. The van der Waals surface area contributed by atoms with E-state index in [0.29, 0.717) is 10.1 Å². The minimum atomic E-state index is -0.454. The van der Waals surface area contributed by atoms with Gasteiger partial charge < -0.3 is 0 Å². The lowest BCUT2D eigenvalue weighted by atomic mass is 10.3. The fourth-order valence-corrected chi connectivity index (χ4v) is 4.46. The van der Waals surface area contributed by atoms with Gasteiger partial charge in [-0.05, 0) is 26.2 Å². The Bertz CT molecular complexity index is 932. The lowest BCUT2D eigenvalue weighted by Gasteiger charge is -2.02. The van der Waals surface area contributed by atoms with Crippen molar-refractivity contribution in [2.45, 2.75) is 26.2 Å². The van der Waals surface area contributed by atoms with E-state index in [1.807, 2.05) is 12.3 Å². The van der Waals surface area contributed by atoms with E-state index in [1.54, 1.807) is 0 Å². The van der Waals surface area contributed by atoms with Gasteiger partial charge in [-0.25, -0.2) is 9.97 Å². The maximum Gasteiger partial charge on any atom is 0.271 e. The van der Waals surface area contributed by atoms with Gasteiger partial charge in [-0.2, -0.15) is 0 Å². The summed E-state index contributed by atoms with van der Waals surface area (Å²) in [7, 11) is 0. The van der Waals surface area contributed by atoms with E-state index in [2.05, 4.69) is 15.3 Å². The van der Waals surface area contributed by atoms with Gasteiger partial charge in [0.15, 0.2) is 10.1 Å². The molecule has 22 heavy (non-hydrogen) atoms. The summed E-state index contributed by atoms with van der Waals surface area (Å²) >= 11 is 2.87. The number of amides is 1. The van der Waals surface area contributed by atoms with Gasteiger partial charge in [0.2, 0.25) is 0 Å². The molecule has 3 aromatic rings. The van der Waals surface area contributed by atoms with Crippen molar-refractivity contribution >= 4 is 38.7 Å². The zero-order valence-corrected chi connectivity index (χ0v) is 13.4. The van der Waals surface area contributed by atoms with Crippen LogP contribution in [0.4, 0.5) is 5.13 Å². The van der Waals surface area contributed by atoms with Crippen LogP contribution in [0.3, 0.4) is 0 Å². The summed E-state index contributed by atoms with van der Waals surface area (Å²) in [5, 5.41) is 5.12. The van der Waals surface area contributed by atoms with Gasteiger partial charge in [0.05, 0.1) is 5.69 Å². The van der Waals surface area contributed by atoms with Crippen molar-refractivity contribution in [3.63, 3.8) is 0 Å². The van der Waals surface area contributed by atoms with Crippen molar-refractivity contribution < 1.29 is 4.79 Å². The number of hydrogen-bond acceptors (Lipinski definition) is 6. The van der Waals surface area contributed by atoms with Gasteiger partial charge in [0, 0.05) is 22.1 Å². The third kappa shape index (κ3) is 2.06. The van der Waals surface area contributed by atoms with Gasteiger partial charge >= 0.3 is 0 Å². The molecule has 3 aromatic heterocycles. The summed E-state index contributed by atoms with van der Waals surface area (Å²) < 4.78 is 1.46. The van der Waals surface area contributed by atoms with E-state index in [9.17, 15) is 9.59 Å². The monoisotopic (exact) mass is 332 g/mol. The molecule has 0 bridgehead atoms. The smallest absolute Gasteiger partial charge is 0.271 e. The molecule has 3 heterocycles. The van der Waals surface area contributed by atoms with Crippen molar-refractivity contribution in [3.05, 3.63) is 43.8 Å². The number of rotatable bonds is 2. The standard InChI is InChI=1S/C14H12N4O2S2/c1-7-6-21-14-15-5-8(12(20)18(7)14)11(19)17-13-16-9-3-2-4-10(9)22-13/h5-6H,2-4H2,1H3,(H,16,17,19). The molecule has 0 spiro atoms. The summed E-state index contributed by atoms with van der Waals surface area (Å²) in [6, 6.07) is 0. The maximum absolute atomic E-state index is 12.4. The Morgan fingerprint density at radius 1 is 1.41 bits per heavy atom. The molecule has 6 nitrogen and oxygen atoms in total. The molecular formula is C14H12N4O2S2. The van der Waals surface area contributed by atoms with Gasteiger partial charge in [-0.1, -0.05) is 0 Å². The first-order valence-electron chi connectivity index (χ1n) is 6.89. The van der Waals surface area contributed by atoms with Crippen LogP contribution >= 0.6 is 22.7 Å². The number of carbonyl (C=O) groups is 1. The molecule has 4 rings (SSSR count). The van der Waals surface area contributed by atoms with Gasteiger partial charge in [-0.3, -0.25) is 19.3 Å². The predicted molar refractivity (Wildman–Crippen MR) is 86.2 cm³/mol. The Kier molecular flexibility index (Phi) is 3.08. The van der Waals surface area contributed by atoms with Crippen molar-refractivity contribution in [3.8, 4) is 0 Å². The average Bonchev–Trinajstić information content (AvgIpc) is 3.14. The highest BCUT2D eigenvalue weighted by molar-refractivity contribution is 7.16. The molecule has 1 amide bonds. The molecule has 0 fully saturated rings. The Morgan fingerprint density at radius 2 is 2.27 bits per heavy atom. The zero-order valence-electron chi connectivity index (χ0n) is 11.8. The van der Waals surface area contributed by atoms with Crippen LogP contribution in [0.1, 0.15) is 33.0 Å². The van der Waals surface area contributed by atoms with Gasteiger partial charge in [-0.15, -0.1) is 22.7 Å².